The van der Waals surface area contributed by atoms with Gasteiger partial charge < -0.3 is 4.74 Å². The van der Waals surface area contributed by atoms with E-state index in [9.17, 15) is 0 Å². The predicted molar refractivity (Wildman–Crippen MR) is 86.0 cm³/mol. The van der Waals surface area contributed by atoms with Gasteiger partial charge in [-0.25, -0.2) is 0 Å². The molecule has 0 heterocycles. The van der Waals surface area contributed by atoms with Gasteiger partial charge in [0.2, 0.25) is 0 Å². The maximum atomic E-state index is 5.89. The number of benzene rings is 2. The molecule has 0 aliphatic carbocycles. The maximum Gasteiger partial charge on any atom is 0.141 e. The molecule has 2 rings (SSSR count). The summed E-state index contributed by atoms with van der Waals surface area (Å²) in [5, 5.41) is 1.49. The Labute approximate surface area is 136 Å². The van der Waals surface area contributed by atoms with Crippen molar-refractivity contribution in [2.24, 2.45) is 0 Å². The lowest BCUT2D eigenvalue weighted by Gasteiger charge is -2.10. The molecule has 0 saturated heterocycles. The highest BCUT2D eigenvalue weighted by Crippen LogP contribution is 2.35. The second-order valence-electron chi connectivity index (χ2n) is 3.58. The molecular weight excluding hydrogens is 447 g/mol. The van der Waals surface area contributed by atoms with Crippen LogP contribution in [0.1, 0.15) is 5.56 Å². The molecule has 0 amide bonds. The number of ether oxygens (including phenoxy) is 1. The van der Waals surface area contributed by atoms with Gasteiger partial charge in [0.25, 0.3) is 0 Å². The van der Waals surface area contributed by atoms with Crippen LogP contribution in [-0.2, 0) is 5.33 Å². The molecule has 0 fully saturated rings. The van der Waals surface area contributed by atoms with Crippen molar-refractivity contribution >= 4 is 59.4 Å². The predicted octanol–water partition coefficient (Wildman–Crippen LogP) is 6.55. The first-order chi connectivity index (χ1) is 8.60. The minimum atomic E-state index is 0.669. The molecule has 2 aromatic carbocycles. The summed E-state index contributed by atoms with van der Waals surface area (Å²) in [6.45, 7) is 0. The first-order valence-electron chi connectivity index (χ1n) is 5.07. The van der Waals surface area contributed by atoms with Crippen LogP contribution in [0.25, 0.3) is 0 Å². The van der Waals surface area contributed by atoms with Crippen molar-refractivity contribution in [3.63, 3.8) is 0 Å². The van der Waals surface area contributed by atoms with Gasteiger partial charge in [0, 0.05) is 10.4 Å². The monoisotopic (exact) mass is 452 g/mol. The van der Waals surface area contributed by atoms with Gasteiger partial charge in [-0.15, -0.1) is 0 Å². The number of rotatable bonds is 3. The molecule has 0 aromatic heterocycles. The first kappa shape index (κ1) is 14.4. The fourth-order valence-corrected chi connectivity index (χ4v) is 3.01. The molecule has 0 atom stereocenters. The number of hydrogen-bond donors (Lipinski definition) is 0. The zero-order valence-corrected chi connectivity index (χ0v) is 14.6. The minimum Gasteiger partial charge on any atom is -0.455 e. The summed E-state index contributed by atoms with van der Waals surface area (Å²) in [6, 6.07) is 11.4. The normalized spacial score (nSPS) is 10.4. The van der Waals surface area contributed by atoms with Crippen molar-refractivity contribution in [2.45, 2.75) is 5.33 Å². The van der Waals surface area contributed by atoms with Crippen molar-refractivity contribution < 1.29 is 4.74 Å². The van der Waals surface area contributed by atoms with Crippen molar-refractivity contribution in [2.75, 3.05) is 0 Å². The van der Waals surface area contributed by atoms with Crippen molar-refractivity contribution in [1.29, 1.82) is 0 Å². The third kappa shape index (κ3) is 3.50. The summed E-state index contributed by atoms with van der Waals surface area (Å²) in [7, 11) is 0. The molecule has 0 aliphatic rings. The second-order valence-corrected chi connectivity index (χ2v) is 6.28. The Morgan fingerprint density at radius 3 is 2.11 bits per heavy atom. The van der Waals surface area contributed by atoms with Gasteiger partial charge in [0.1, 0.15) is 11.5 Å². The van der Waals surface area contributed by atoms with Crippen molar-refractivity contribution in [3.8, 4) is 11.5 Å². The Balaban J connectivity index is 2.28. The fraction of sp³-hybridized carbons (Fsp3) is 0.0769. The molecule has 0 aliphatic heterocycles. The van der Waals surface area contributed by atoms with E-state index in [2.05, 4.69) is 47.8 Å². The van der Waals surface area contributed by atoms with E-state index in [1.54, 1.807) is 12.1 Å². The highest BCUT2D eigenvalue weighted by Gasteiger charge is 2.07. The van der Waals surface area contributed by atoms with E-state index < -0.39 is 0 Å². The highest BCUT2D eigenvalue weighted by molar-refractivity contribution is 9.11. The lowest BCUT2D eigenvalue weighted by atomic mass is 10.2. The van der Waals surface area contributed by atoms with Crippen LogP contribution in [0, 0.1) is 0 Å². The van der Waals surface area contributed by atoms with Crippen molar-refractivity contribution in [3.05, 3.63) is 55.9 Å². The molecule has 0 N–H and O–H groups in total. The van der Waals surface area contributed by atoms with E-state index in [1.807, 2.05) is 24.3 Å². The van der Waals surface area contributed by atoms with E-state index in [1.165, 1.54) is 5.56 Å². The molecule has 2 aromatic rings. The summed E-state index contributed by atoms with van der Waals surface area (Å²) in [6.07, 6.45) is 0. The van der Waals surface area contributed by atoms with E-state index in [0.717, 1.165) is 25.8 Å². The number of alkyl halides is 1. The third-order valence-electron chi connectivity index (χ3n) is 2.26. The van der Waals surface area contributed by atoms with Crippen LogP contribution in [0.5, 0.6) is 11.5 Å². The van der Waals surface area contributed by atoms with Crippen LogP contribution in [0.2, 0.25) is 5.02 Å². The van der Waals surface area contributed by atoms with Gasteiger partial charge in [-0.2, -0.15) is 0 Å². The van der Waals surface area contributed by atoms with Crippen LogP contribution in [0.3, 0.4) is 0 Å². The summed E-state index contributed by atoms with van der Waals surface area (Å²) < 4.78 is 7.57. The Morgan fingerprint density at radius 1 is 0.944 bits per heavy atom. The number of hydrogen-bond acceptors (Lipinski definition) is 1. The van der Waals surface area contributed by atoms with E-state index >= 15 is 0 Å². The summed E-state index contributed by atoms with van der Waals surface area (Å²) >= 11 is 16.2. The zero-order valence-electron chi connectivity index (χ0n) is 9.09. The highest BCUT2D eigenvalue weighted by atomic mass is 79.9. The molecule has 0 spiro atoms. The Hall–Kier alpha value is -0.0300. The van der Waals surface area contributed by atoms with Crippen LogP contribution in [0.15, 0.2) is 45.3 Å². The van der Waals surface area contributed by atoms with Gasteiger partial charge in [-0.05, 0) is 67.8 Å². The smallest absolute Gasteiger partial charge is 0.141 e. The Bertz CT molecular complexity index is 572. The molecule has 0 radical (unpaired) electrons. The SMILES string of the molecule is Clc1ccc(Oc2ccc(CBr)cc2Br)c(Br)c1. The zero-order chi connectivity index (χ0) is 13.1. The van der Waals surface area contributed by atoms with Crippen molar-refractivity contribution in [1.82, 2.24) is 0 Å². The third-order valence-corrected chi connectivity index (χ3v) is 4.39. The van der Waals surface area contributed by atoms with E-state index in [0.29, 0.717) is 5.02 Å². The lowest BCUT2D eigenvalue weighted by Crippen LogP contribution is -1.88. The molecule has 94 valence electrons. The molecule has 0 saturated carbocycles. The summed E-state index contributed by atoms with van der Waals surface area (Å²) in [5.74, 6) is 1.49. The van der Waals surface area contributed by atoms with Crippen LogP contribution in [-0.4, -0.2) is 0 Å². The van der Waals surface area contributed by atoms with Crippen LogP contribution >= 0.6 is 59.4 Å². The summed E-state index contributed by atoms with van der Waals surface area (Å²) in [4.78, 5) is 0. The standard InChI is InChI=1S/C13H8Br3ClO/c14-7-8-1-3-12(10(15)5-8)18-13-4-2-9(17)6-11(13)16/h1-6H,7H2. The second kappa shape index (κ2) is 6.42. The molecule has 18 heavy (non-hydrogen) atoms. The van der Waals surface area contributed by atoms with Gasteiger partial charge in [0.15, 0.2) is 0 Å². The molecule has 5 heteroatoms. The quantitative estimate of drug-likeness (QED) is 0.477. The molecule has 1 nitrogen and oxygen atoms in total. The number of halogens is 4. The summed E-state index contributed by atoms with van der Waals surface area (Å²) in [5.41, 5.74) is 1.18. The van der Waals surface area contributed by atoms with E-state index in [4.69, 9.17) is 16.3 Å². The van der Waals surface area contributed by atoms with Gasteiger partial charge in [0.05, 0.1) is 8.95 Å². The topological polar surface area (TPSA) is 9.23 Å². The average Bonchev–Trinajstić information content (AvgIpc) is 2.34. The maximum absolute atomic E-state index is 5.89. The average molecular weight is 455 g/mol. The Morgan fingerprint density at radius 2 is 1.56 bits per heavy atom. The minimum absolute atomic E-state index is 0.669. The lowest BCUT2D eigenvalue weighted by molar-refractivity contribution is 0.476. The molecule has 0 bridgehead atoms. The van der Waals surface area contributed by atoms with Gasteiger partial charge in [-0.3, -0.25) is 0 Å². The van der Waals surface area contributed by atoms with Crippen LogP contribution < -0.4 is 4.74 Å². The Kier molecular flexibility index (Phi) is 5.13. The van der Waals surface area contributed by atoms with Gasteiger partial charge >= 0.3 is 0 Å². The first-order valence-corrected chi connectivity index (χ1v) is 8.16. The fourth-order valence-electron chi connectivity index (χ4n) is 1.39. The molecule has 0 unspecified atom stereocenters. The van der Waals surface area contributed by atoms with E-state index in [-0.39, 0.29) is 0 Å². The largest absolute Gasteiger partial charge is 0.455 e. The molecular formula is C13H8Br3ClO. The van der Waals surface area contributed by atoms with Gasteiger partial charge in [-0.1, -0.05) is 33.6 Å². The van der Waals surface area contributed by atoms with Crippen LogP contribution in [0.4, 0.5) is 0 Å².